The molecule has 1 heterocycles. The number of carbonyl (C=O) groups excluding carboxylic acids is 1. The van der Waals surface area contributed by atoms with Gasteiger partial charge in [-0.15, -0.1) is 0 Å². The molecule has 1 aromatic heterocycles. The number of amides is 1. The van der Waals surface area contributed by atoms with E-state index in [4.69, 9.17) is 0 Å². The van der Waals surface area contributed by atoms with Crippen molar-refractivity contribution in [2.75, 3.05) is 0 Å². The number of nitrogens with one attached hydrogen (secondary N) is 1. The number of fused-ring (bicyclic) bond motifs is 1. The van der Waals surface area contributed by atoms with Crippen molar-refractivity contribution >= 4 is 16.8 Å². The van der Waals surface area contributed by atoms with Crippen molar-refractivity contribution in [1.82, 2.24) is 9.88 Å². The summed E-state index contributed by atoms with van der Waals surface area (Å²) in [7, 11) is 0. The van der Waals surface area contributed by atoms with E-state index >= 15 is 0 Å². The summed E-state index contributed by atoms with van der Waals surface area (Å²) in [4.78, 5) is 12.7. The highest BCUT2D eigenvalue weighted by atomic mass is 19.1. The van der Waals surface area contributed by atoms with Gasteiger partial charge in [-0.25, -0.2) is 4.39 Å². The second-order valence-corrected chi connectivity index (χ2v) is 7.83. The Labute approximate surface area is 176 Å². The predicted octanol–water partition coefficient (Wildman–Crippen LogP) is 5.68. The molecule has 1 amide bonds. The van der Waals surface area contributed by atoms with Gasteiger partial charge in [-0.1, -0.05) is 42.0 Å². The summed E-state index contributed by atoms with van der Waals surface area (Å²) in [6, 6.07) is 20.6. The van der Waals surface area contributed by atoms with Gasteiger partial charge in [0.1, 0.15) is 5.82 Å². The smallest absolute Gasteiger partial charge is 0.251 e. The fourth-order valence-corrected chi connectivity index (χ4v) is 3.87. The van der Waals surface area contributed by atoms with Crippen LogP contribution in [-0.4, -0.2) is 10.5 Å². The average Bonchev–Trinajstić information content (AvgIpc) is 2.97. The first kappa shape index (κ1) is 19.9. The monoisotopic (exact) mass is 400 g/mol. The fraction of sp³-hybridized carbons (Fsp3) is 0.192. The van der Waals surface area contributed by atoms with E-state index in [9.17, 15) is 9.18 Å². The second kappa shape index (κ2) is 8.15. The van der Waals surface area contributed by atoms with E-state index in [0.29, 0.717) is 12.1 Å². The molecule has 0 aliphatic heterocycles. The Kier molecular flexibility index (Phi) is 5.40. The van der Waals surface area contributed by atoms with Crippen molar-refractivity contribution in [3.63, 3.8) is 0 Å². The molecule has 0 aliphatic rings. The number of hydrogen-bond acceptors (Lipinski definition) is 1. The Hall–Kier alpha value is -3.40. The molecule has 4 heteroatoms. The predicted molar refractivity (Wildman–Crippen MR) is 119 cm³/mol. The molecule has 0 saturated carbocycles. The number of hydrogen-bond donors (Lipinski definition) is 1. The lowest BCUT2D eigenvalue weighted by Gasteiger charge is -2.10. The number of carbonyl (C=O) groups is 1. The lowest BCUT2D eigenvalue weighted by atomic mass is 10.1. The number of benzene rings is 3. The zero-order valence-corrected chi connectivity index (χ0v) is 17.5. The van der Waals surface area contributed by atoms with Crippen LogP contribution in [0.3, 0.4) is 0 Å². The molecule has 3 aromatic carbocycles. The maximum absolute atomic E-state index is 13.0. The molecular formula is C26H25FN2O. The SMILES string of the molecule is Cc1cccc(Cn2c(C)c(C)c3cc(C(=O)NCc4ccc(F)cc4)ccc32)c1. The van der Waals surface area contributed by atoms with E-state index in [-0.39, 0.29) is 11.7 Å². The van der Waals surface area contributed by atoms with Crippen molar-refractivity contribution in [3.8, 4) is 0 Å². The van der Waals surface area contributed by atoms with Crippen molar-refractivity contribution in [2.45, 2.75) is 33.9 Å². The maximum atomic E-state index is 13.0. The summed E-state index contributed by atoms with van der Waals surface area (Å²) in [5.41, 5.74) is 7.51. The largest absolute Gasteiger partial charge is 0.348 e. The molecule has 0 unspecified atom stereocenters. The topological polar surface area (TPSA) is 34.0 Å². The summed E-state index contributed by atoms with van der Waals surface area (Å²) < 4.78 is 15.3. The quantitative estimate of drug-likeness (QED) is 0.459. The van der Waals surface area contributed by atoms with Gasteiger partial charge in [0, 0.05) is 35.2 Å². The van der Waals surface area contributed by atoms with Crippen molar-refractivity contribution in [2.24, 2.45) is 0 Å². The Morgan fingerprint density at radius 1 is 0.933 bits per heavy atom. The number of rotatable bonds is 5. The standard InChI is InChI=1S/C26H25FN2O/c1-17-5-4-6-21(13-17)16-29-19(3)18(2)24-14-22(9-12-25(24)29)26(30)28-15-20-7-10-23(27)11-8-20/h4-14H,15-16H2,1-3H3,(H,28,30). The second-order valence-electron chi connectivity index (χ2n) is 7.83. The molecule has 0 bridgehead atoms. The van der Waals surface area contributed by atoms with E-state index in [2.05, 4.69) is 54.9 Å². The highest BCUT2D eigenvalue weighted by Gasteiger charge is 2.14. The van der Waals surface area contributed by atoms with Crippen LogP contribution in [0.25, 0.3) is 10.9 Å². The van der Waals surface area contributed by atoms with Crippen LogP contribution < -0.4 is 5.32 Å². The molecule has 1 N–H and O–H groups in total. The molecule has 4 aromatic rings. The number of halogens is 1. The summed E-state index contributed by atoms with van der Waals surface area (Å²) in [6.07, 6.45) is 0. The Morgan fingerprint density at radius 2 is 1.70 bits per heavy atom. The van der Waals surface area contributed by atoms with Crippen LogP contribution in [0, 0.1) is 26.6 Å². The molecule has 3 nitrogen and oxygen atoms in total. The van der Waals surface area contributed by atoms with Gasteiger partial charge < -0.3 is 9.88 Å². The van der Waals surface area contributed by atoms with E-state index in [1.165, 1.54) is 34.5 Å². The van der Waals surface area contributed by atoms with Gasteiger partial charge >= 0.3 is 0 Å². The third-order valence-corrected chi connectivity index (χ3v) is 5.69. The minimum Gasteiger partial charge on any atom is -0.348 e. The third kappa shape index (κ3) is 3.99. The lowest BCUT2D eigenvalue weighted by Crippen LogP contribution is -2.22. The molecule has 30 heavy (non-hydrogen) atoms. The van der Waals surface area contributed by atoms with Gasteiger partial charge in [0.25, 0.3) is 5.91 Å². The van der Waals surface area contributed by atoms with Gasteiger partial charge in [0.05, 0.1) is 0 Å². The van der Waals surface area contributed by atoms with E-state index < -0.39 is 0 Å². The average molecular weight is 400 g/mol. The normalized spacial score (nSPS) is 11.1. The third-order valence-electron chi connectivity index (χ3n) is 5.69. The van der Waals surface area contributed by atoms with Gasteiger partial charge in [-0.2, -0.15) is 0 Å². The Balaban J connectivity index is 1.58. The molecule has 0 spiro atoms. The lowest BCUT2D eigenvalue weighted by molar-refractivity contribution is 0.0951. The fourth-order valence-electron chi connectivity index (χ4n) is 3.87. The Morgan fingerprint density at radius 3 is 2.43 bits per heavy atom. The zero-order chi connectivity index (χ0) is 21.3. The van der Waals surface area contributed by atoms with Gasteiger partial charge in [-0.05, 0) is 67.8 Å². The van der Waals surface area contributed by atoms with Crippen LogP contribution in [0.1, 0.15) is 38.3 Å². The van der Waals surface area contributed by atoms with Crippen LogP contribution in [0.2, 0.25) is 0 Å². The van der Waals surface area contributed by atoms with Crippen LogP contribution in [0.5, 0.6) is 0 Å². The highest BCUT2D eigenvalue weighted by molar-refractivity contribution is 5.99. The Bertz CT molecular complexity index is 1220. The summed E-state index contributed by atoms with van der Waals surface area (Å²) in [5, 5.41) is 4.01. The minimum atomic E-state index is -0.281. The van der Waals surface area contributed by atoms with E-state index in [1.54, 1.807) is 12.1 Å². The molecule has 152 valence electrons. The molecular weight excluding hydrogens is 375 g/mol. The first-order chi connectivity index (χ1) is 14.4. The summed E-state index contributed by atoms with van der Waals surface area (Å²) >= 11 is 0. The molecule has 0 aliphatic carbocycles. The zero-order valence-electron chi connectivity index (χ0n) is 17.5. The highest BCUT2D eigenvalue weighted by Crippen LogP contribution is 2.27. The van der Waals surface area contributed by atoms with Crippen molar-refractivity contribution in [3.05, 3.63) is 106 Å². The molecule has 0 saturated heterocycles. The van der Waals surface area contributed by atoms with Crippen molar-refractivity contribution < 1.29 is 9.18 Å². The minimum absolute atomic E-state index is 0.135. The van der Waals surface area contributed by atoms with Crippen LogP contribution in [0.4, 0.5) is 4.39 Å². The first-order valence-corrected chi connectivity index (χ1v) is 10.1. The molecule has 4 rings (SSSR count). The molecule has 0 atom stereocenters. The van der Waals surface area contributed by atoms with Crippen LogP contribution >= 0.6 is 0 Å². The van der Waals surface area contributed by atoms with Crippen molar-refractivity contribution in [1.29, 1.82) is 0 Å². The van der Waals surface area contributed by atoms with Gasteiger partial charge in [0.2, 0.25) is 0 Å². The van der Waals surface area contributed by atoms with E-state index in [1.807, 2.05) is 18.2 Å². The van der Waals surface area contributed by atoms with Crippen LogP contribution in [-0.2, 0) is 13.1 Å². The summed E-state index contributed by atoms with van der Waals surface area (Å²) in [6.45, 7) is 7.49. The van der Waals surface area contributed by atoms with Crippen LogP contribution in [0.15, 0.2) is 66.7 Å². The van der Waals surface area contributed by atoms with Gasteiger partial charge in [-0.3, -0.25) is 4.79 Å². The summed E-state index contributed by atoms with van der Waals surface area (Å²) in [5.74, 6) is -0.415. The number of aryl methyl sites for hydroxylation is 2. The first-order valence-electron chi connectivity index (χ1n) is 10.1. The number of nitrogens with zero attached hydrogens (tertiary/aromatic N) is 1. The van der Waals surface area contributed by atoms with Gasteiger partial charge in [0.15, 0.2) is 0 Å². The maximum Gasteiger partial charge on any atom is 0.251 e. The number of aromatic nitrogens is 1. The van der Waals surface area contributed by atoms with E-state index in [0.717, 1.165) is 23.0 Å². The molecule has 0 fully saturated rings. The molecule has 0 radical (unpaired) electrons.